The average Bonchev–Trinajstić information content (AvgIpc) is 3.27. The van der Waals surface area contributed by atoms with Crippen LogP contribution in [0.15, 0.2) is 23.0 Å². The molecule has 1 N–H and O–H groups in total. The summed E-state index contributed by atoms with van der Waals surface area (Å²) in [7, 11) is -3.02. The molecule has 8 nitrogen and oxygen atoms in total. The van der Waals surface area contributed by atoms with Gasteiger partial charge in [0, 0.05) is 12.3 Å². The van der Waals surface area contributed by atoms with Crippen molar-refractivity contribution in [3.05, 3.63) is 24.4 Å². The molecule has 2 aliphatic rings. The lowest BCUT2D eigenvalue weighted by Crippen LogP contribution is -2.23. The van der Waals surface area contributed by atoms with E-state index < -0.39 is 15.9 Å². The second-order valence-corrected chi connectivity index (χ2v) is 8.66. The second-order valence-electron chi connectivity index (χ2n) is 6.43. The molecule has 0 aromatic carbocycles. The van der Waals surface area contributed by atoms with E-state index in [1.165, 1.54) is 0 Å². The zero-order valence-corrected chi connectivity index (χ0v) is 13.9. The van der Waals surface area contributed by atoms with Crippen LogP contribution in [0.3, 0.4) is 0 Å². The zero-order valence-electron chi connectivity index (χ0n) is 13.0. The molecule has 4 heterocycles. The average molecular weight is 353 g/mol. The predicted molar refractivity (Wildman–Crippen MR) is 84.1 cm³/mol. The van der Waals surface area contributed by atoms with Crippen LogP contribution in [-0.2, 0) is 21.0 Å². The number of ether oxygens (including phenoxy) is 1. The van der Waals surface area contributed by atoms with Crippen molar-refractivity contribution in [1.29, 1.82) is 0 Å². The lowest BCUT2D eigenvalue weighted by molar-refractivity contribution is 0.118. The molecule has 9 heteroatoms. The molecule has 2 aliphatic heterocycles. The first-order chi connectivity index (χ1) is 11.5. The highest BCUT2D eigenvalue weighted by atomic mass is 32.2. The third kappa shape index (κ3) is 2.99. The lowest BCUT2D eigenvalue weighted by atomic mass is 10.0. The van der Waals surface area contributed by atoms with E-state index in [0.717, 1.165) is 5.56 Å². The number of hydrogen-bond acceptors (Lipinski definition) is 7. The summed E-state index contributed by atoms with van der Waals surface area (Å²) in [6.45, 7) is 0.795. The molecule has 130 valence electrons. The van der Waals surface area contributed by atoms with Gasteiger partial charge in [-0.2, -0.15) is 5.10 Å². The summed E-state index contributed by atoms with van der Waals surface area (Å²) in [5, 5.41) is 14.5. The topological polar surface area (TPSA) is 107 Å². The van der Waals surface area contributed by atoms with Crippen molar-refractivity contribution >= 4 is 9.84 Å². The normalized spacial score (nSPS) is 29.3. The Balaban J connectivity index is 1.67. The molecule has 0 amide bonds. The van der Waals surface area contributed by atoms with Gasteiger partial charge in [0.25, 0.3) is 0 Å². The van der Waals surface area contributed by atoms with Gasteiger partial charge >= 0.3 is 0 Å². The fraction of sp³-hybridized carbons (Fsp3) is 0.600. The molecular formula is C15H19N3O5S. The standard InChI is InChI=1S/C15H19N3O5S/c19-13-8-23-7-11(13)5-14-16-15(10-1-3-22-6-10)17-18(14)12-2-4-24(20,21)9-12/h1,3,6,11-13,19H,2,4-5,7-9H2/t11-,12?,13-/m1/s1. The molecule has 2 aromatic heterocycles. The molecule has 2 aromatic rings. The van der Waals surface area contributed by atoms with Crippen LogP contribution < -0.4 is 0 Å². The van der Waals surface area contributed by atoms with Crippen LogP contribution in [0.1, 0.15) is 18.3 Å². The number of sulfone groups is 1. The minimum Gasteiger partial charge on any atom is -0.472 e. The van der Waals surface area contributed by atoms with Gasteiger partial charge < -0.3 is 14.3 Å². The van der Waals surface area contributed by atoms with Crippen LogP contribution in [0.25, 0.3) is 11.4 Å². The van der Waals surface area contributed by atoms with Gasteiger partial charge in [0.15, 0.2) is 15.7 Å². The van der Waals surface area contributed by atoms with E-state index in [1.54, 1.807) is 23.3 Å². The van der Waals surface area contributed by atoms with Gasteiger partial charge in [0.05, 0.1) is 48.7 Å². The molecule has 3 atom stereocenters. The van der Waals surface area contributed by atoms with Crippen molar-refractivity contribution in [3.63, 3.8) is 0 Å². The maximum Gasteiger partial charge on any atom is 0.184 e. The molecule has 2 saturated heterocycles. The highest BCUT2D eigenvalue weighted by Gasteiger charge is 2.34. The first-order valence-electron chi connectivity index (χ1n) is 7.96. The van der Waals surface area contributed by atoms with Gasteiger partial charge in [0.1, 0.15) is 12.1 Å². The van der Waals surface area contributed by atoms with Crippen molar-refractivity contribution in [2.45, 2.75) is 25.0 Å². The SMILES string of the molecule is O=S1(=O)CCC(n2nc(-c3ccoc3)nc2C[C@@H]2COC[C@H]2O)C1. The third-order valence-corrected chi connectivity index (χ3v) is 6.40. The van der Waals surface area contributed by atoms with Gasteiger partial charge in [0.2, 0.25) is 0 Å². The molecule has 0 spiro atoms. The first-order valence-corrected chi connectivity index (χ1v) is 9.78. The number of rotatable bonds is 4. The van der Waals surface area contributed by atoms with E-state index in [2.05, 4.69) is 10.1 Å². The summed E-state index contributed by atoms with van der Waals surface area (Å²) in [6.07, 6.45) is 3.61. The van der Waals surface area contributed by atoms with E-state index in [1.807, 2.05) is 0 Å². The van der Waals surface area contributed by atoms with Crippen LogP contribution in [0, 0.1) is 5.92 Å². The minimum atomic E-state index is -3.02. The van der Waals surface area contributed by atoms with Gasteiger partial charge in [-0.3, -0.25) is 0 Å². The molecule has 0 bridgehead atoms. The Bertz CT molecular complexity index is 814. The number of aliphatic hydroxyl groups excluding tert-OH is 1. The molecular weight excluding hydrogens is 334 g/mol. The molecule has 2 fully saturated rings. The van der Waals surface area contributed by atoms with Crippen molar-refractivity contribution in [3.8, 4) is 11.4 Å². The summed E-state index contributed by atoms with van der Waals surface area (Å²) in [4.78, 5) is 4.57. The summed E-state index contributed by atoms with van der Waals surface area (Å²) >= 11 is 0. The number of hydrogen-bond donors (Lipinski definition) is 1. The number of aromatic nitrogens is 3. The highest BCUT2D eigenvalue weighted by Crippen LogP contribution is 2.28. The van der Waals surface area contributed by atoms with Crippen LogP contribution in [0.4, 0.5) is 0 Å². The Kier molecular flexibility index (Phi) is 3.93. The number of furan rings is 1. The Morgan fingerprint density at radius 2 is 2.25 bits per heavy atom. The fourth-order valence-corrected chi connectivity index (χ4v) is 4.98. The van der Waals surface area contributed by atoms with Gasteiger partial charge in [-0.15, -0.1) is 0 Å². The predicted octanol–water partition coefficient (Wildman–Crippen LogP) is 0.447. The van der Waals surface area contributed by atoms with Gasteiger partial charge in [-0.05, 0) is 12.5 Å². The molecule has 4 rings (SSSR count). The maximum atomic E-state index is 11.8. The second kappa shape index (κ2) is 5.98. The van der Waals surface area contributed by atoms with E-state index in [4.69, 9.17) is 9.15 Å². The fourth-order valence-electron chi connectivity index (χ4n) is 3.29. The molecule has 1 unspecified atom stereocenters. The molecule has 0 saturated carbocycles. The number of nitrogens with zero attached hydrogens (tertiary/aromatic N) is 3. The zero-order chi connectivity index (χ0) is 16.7. The minimum absolute atomic E-state index is 0.0526. The van der Waals surface area contributed by atoms with Crippen molar-refractivity contribution < 1.29 is 22.7 Å². The summed E-state index contributed by atoms with van der Waals surface area (Å²) in [5.74, 6) is 1.40. The van der Waals surface area contributed by atoms with Crippen LogP contribution in [-0.4, -0.2) is 59.1 Å². The Hall–Kier alpha value is -1.71. The smallest absolute Gasteiger partial charge is 0.184 e. The largest absolute Gasteiger partial charge is 0.472 e. The van der Waals surface area contributed by atoms with Crippen molar-refractivity contribution in [2.75, 3.05) is 24.7 Å². The summed E-state index contributed by atoms with van der Waals surface area (Å²) < 4.78 is 35.7. The Morgan fingerprint density at radius 3 is 2.88 bits per heavy atom. The number of aliphatic hydroxyl groups is 1. The molecule has 24 heavy (non-hydrogen) atoms. The van der Waals surface area contributed by atoms with E-state index in [9.17, 15) is 13.5 Å². The lowest BCUT2D eigenvalue weighted by Gasteiger charge is -2.15. The Labute approximate surface area is 139 Å². The molecule has 0 aliphatic carbocycles. The highest BCUT2D eigenvalue weighted by molar-refractivity contribution is 7.91. The van der Waals surface area contributed by atoms with E-state index in [0.29, 0.717) is 37.7 Å². The first kappa shape index (κ1) is 15.8. The van der Waals surface area contributed by atoms with Crippen LogP contribution in [0.2, 0.25) is 0 Å². The van der Waals surface area contributed by atoms with Gasteiger partial charge in [-0.1, -0.05) is 0 Å². The van der Waals surface area contributed by atoms with Crippen LogP contribution in [0.5, 0.6) is 0 Å². The summed E-state index contributed by atoms with van der Waals surface area (Å²) in [5.41, 5.74) is 0.749. The van der Waals surface area contributed by atoms with Crippen LogP contribution >= 0.6 is 0 Å². The maximum absolute atomic E-state index is 11.8. The van der Waals surface area contributed by atoms with E-state index in [-0.39, 0.29) is 23.5 Å². The Morgan fingerprint density at radius 1 is 1.38 bits per heavy atom. The third-order valence-electron chi connectivity index (χ3n) is 4.64. The van der Waals surface area contributed by atoms with Gasteiger partial charge in [-0.25, -0.2) is 18.1 Å². The molecule has 0 radical (unpaired) electrons. The quantitative estimate of drug-likeness (QED) is 0.850. The van der Waals surface area contributed by atoms with Crippen molar-refractivity contribution in [2.24, 2.45) is 5.92 Å². The summed E-state index contributed by atoms with van der Waals surface area (Å²) in [6, 6.07) is 1.56. The van der Waals surface area contributed by atoms with E-state index >= 15 is 0 Å². The van der Waals surface area contributed by atoms with Crippen molar-refractivity contribution in [1.82, 2.24) is 14.8 Å². The monoisotopic (exact) mass is 353 g/mol.